The zero-order valence-corrected chi connectivity index (χ0v) is 13.9. The molecule has 0 amide bonds. The lowest BCUT2D eigenvalue weighted by Gasteiger charge is -2.11. The summed E-state index contributed by atoms with van der Waals surface area (Å²) in [5, 5.41) is 4.49. The molecular weight excluding hydrogens is 401 g/mol. The third-order valence-electron chi connectivity index (χ3n) is 2.43. The molecule has 0 bridgehead atoms. The van der Waals surface area contributed by atoms with Crippen molar-refractivity contribution >= 4 is 60.7 Å². The maximum absolute atomic E-state index is 6.14. The monoisotopic (exact) mass is 407 g/mol. The van der Waals surface area contributed by atoms with Crippen LogP contribution in [0.2, 0.25) is 10.0 Å². The highest BCUT2D eigenvalue weighted by Gasteiger charge is 2.05. The van der Waals surface area contributed by atoms with Crippen molar-refractivity contribution in [1.82, 2.24) is 0 Å². The summed E-state index contributed by atoms with van der Waals surface area (Å²) < 4.78 is 2.02. The zero-order valence-electron chi connectivity index (χ0n) is 9.18. The van der Waals surface area contributed by atoms with Crippen LogP contribution in [0, 0.1) is 0 Å². The van der Waals surface area contributed by atoms with Gasteiger partial charge in [-0.25, -0.2) is 0 Å². The lowest BCUT2D eigenvalue weighted by Crippen LogP contribution is -2.00. The third kappa shape index (κ3) is 3.41. The van der Waals surface area contributed by atoms with Crippen LogP contribution in [0.15, 0.2) is 45.3 Å². The lowest BCUT2D eigenvalue weighted by atomic mass is 10.2. The van der Waals surface area contributed by atoms with E-state index < -0.39 is 0 Å². The first-order valence-electron chi connectivity index (χ1n) is 5.20. The van der Waals surface area contributed by atoms with Gasteiger partial charge in [0.15, 0.2) is 0 Å². The second kappa shape index (κ2) is 6.29. The molecule has 94 valence electrons. The Hall–Kier alpha value is -0.220. The molecule has 1 nitrogen and oxygen atoms in total. The molecule has 0 heterocycles. The first kappa shape index (κ1) is 14.2. The number of anilines is 1. The summed E-state index contributed by atoms with van der Waals surface area (Å²) in [5.74, 6) is 0. The standard InChI is InChI=1S/C13H9Br2Cl2N/c14-9-4-5-10(15)12(6-9)18-7-8-2-1-3-11(16)13(8)17/h1-6,18H,7H2. The van der Waals surface area contributed by atoms with E-state index in [1.807, 2.05) is 30.3 Å². The van der Waals surface area contributed by atoms with Crippen LogP contribution in [0.5, 0.6) is 0 Å². The second-order valence-corrected chi connectivity index (χ2v) is 6.25. The van der Waals surface area contributed by atoms with E-state index >= 15 is 0 Å². The van der Waals surface area contributed by atoms with E-state index in [1.54, 1.807) is 6.07 Å². The van der Waals surface area contributed by atoms with Crippen molar-refractivity contribution in [2.24, 2.45) is 0 Å². The van der Waals surface area contributed by atoms with Gasteiger partial charge in [-0.05, 0) is 45.8 Å². The van der Waals surface area contributed by atoms with Crippen LogP contribution in [0.25, 0.3) is 0 Å². The summed E-state index contributed by atoms with van der Waals surface area (Å²) in [5.41, 5.74) is 1.97. The first-order chi connectivity index (χ1) is 8.58. The number of benzene rings is 2. The Balaban J connectivity index is 2.16. The Kier molecular flexibility index (Phi) is 4.96. The van der Waals surface area contributed by atoms with Crippen molar-refractivity contribution in [1.29, 1.82) is 0 Å². The van der Waals surface area contributed by atoms with E-state index in [0.29, 0.717) is 16.6 Å². The third-order valence-corrected chi connectivity index (χ3v) is 4.47. The summed E-state index contributed by atoms with van der Waals surface area (Å²) in [6, 6.07) is 11.6. The molecule has 2 rings (SSSR count). The van der Waals surface area contributed by atoms with Crippen molar-refractivity contribution in [2.75, 3.05) is 5.32 Å². The topological polar surface area (TPSA) is 12.0 Å². The number of hydrogen-bond donors (Lipinski definition) is 1. The van der Waals surface area contributed by atoms with Gasteiger partial charge in [0.25, 0.3) is 0 Å². The molecule has 5 heteroatoms. The predicted octanol–water partition coefficient (Wildman–Crippen LogP) is 6.13. The Morgan fingerprint density at radius 2 is 1.83 bits per heavy atom. The fraction of sp³-hybridized carbons (Fsp3) is 0.0769. The molecule has 0 radical (unpaired) electrons. The minimum Gasteiger partial charge on any atom is -0.380 e. The molecule has 0 spiro atoms. The zero-order chi connectivity index (χ0) is 13.1. The summed E-state index contributed by atoms with van der Waals surface area (Å²) in [7, 11) is 0. The normalized spacial score (nSPS) is 10.4. The fourth-order valence-corrected chi connectivity index (χ4v) is 2.64. The van der Waals surface area contributed by atoms with Crippen LogP contribution in [-0.4, -0.2) is 0 Å². The largest absolute Gasteiger partial charge is 0.380 e. The minimum absolute atomic E-state index is 0.573. The number of rotatable bonds is 3. The van der Waals surface area contributed by atoms with E-state index in [0.717, 1.165) is 20.2 Å². The van der Waals surface area contributed by atoms with Crippen LogP contribution < -0.4 is 5.32 Å². The average molecular weight is 410 g/mol. The van der Waals surface area contributed by atoms with Crippen LogP contribution >= 0.6 is 55.1 Å². The van der Waals surface area contributed by atoms with E-state index in [9.17, 15) is 0 Å². The van der Waals surface area contributed by atoms with Crippen molar-refractivity contribution in [3.63, 3.8) is 0 Å². The molecule has 2 aromatic carbocycles. The SMILES string of the molecule is Clc1cccc(CNc2cc(Br)ccc2Br)c1Cl. The van der Waals surface area contributed by atoms with Gasteiger partial charge in [0.1, 0.15) is 0 Å². The molecule has 18 heavy (non-hydrogen) atoms. The quantitative estimate of drug-likeness (QED) is 0.642. The van der Waals surface area contributed by atoms with Crippen molar-refractivity contribution < 1.29 is 0 Å². The predicted molar refractivity (Wildman–Crippen MR) is 85.6 cm³/mol. The van der Waals surface area contributed by atoms with Crippen LogP contribution in [0.3, 0.4) is 0 Å². The second-order valence-electron chi connectivity index (χ2n) is 3.69. The Labute approximate surface area is 133 Å². The highest BCUT2D eigenvalue weighted by atomic mass is 79.9. The smallest absolute Gasteiger partial charge is 0.0642 e. The highest BCUT2D eigenvalue weighted by Crippen LogP contribution is 2.29. The van der Waals surface area contributed by atoms with E-state index in [-0.39, 0.29) is 0 Å². The summed E-state index contributed by atoms with van der Waals surface area (Å²) in [4.78, 5) is 0. The van der Waals surface area contributed by atoms with E-state index in [1.165, 1.54) is 0 Å². The maximum Gasteiger partial charge on any atom is 0.0642 e. The van der Waals surface area contributed by atoms with Gasteiger partial charge in [-0.15, -0.1) is 0 Å². The van der Waals surface area contributed by atoms with Gasteiger partial charge >= 0.3 is 0 Å². The lowest BCUT2D eigenvalue weighted by molar-refractivity contribution is 1.14. The fourth-order valence-electron chi connectivity index (χ4n) is 1.51. The van der Waals surface area contributed by atoms with Crippen LogP contribution in [-0.2, 0) is 6.54 Å². The van der Waals surface area contributed by atoms with Gasteiger partial charge in [-0.1, -0.05) is 51.3 Å². The Morgan fingerprint density at radius 1 is 1.06 bits per heavy atom. The van der Waals surface area contributed by atoms with Gasteiger partial charge in [-0.2, -0.15) is 0 Å². The molecule has 0 aliphatic heterocycles. The molecule has 0 unspecified atom stereocenters. The van der Waals surface area contributed by atoms with Gasteiger partial charge < -0.3 is 5.32 Å². The van der Waals surface area contributed by atoms with Crippen molar-refractivity contribution in [2.45, 2.75) is 6.54 Å². The van der Waals surface area contributed by atoms with Gasteiger partial charge in [-0.3, -0.25) is 0 Å². The summed E-state index contributed by atoms with van der Waals surface area (Å²) in [6.07, 6.45) is 0. The Morgan fingerprint density at radius 3 is 2.61 bits per heavy atom. The minimum atomic E-state index is 0.573. The number of nitrogens with one attached hydrogen (secondary N) is 1. The molecular formula is C13H9Br2Cl2N. The first-order valence-corrected chi connectivity index (χ1v) is 7.54. The molecule has 0 saturated carbocycles. The maximum atomic E-state index is 6.14. The summed E-state index contributed by atoms with van der Waals surface area (Å²) in [6.45, 7) is 0.619. The number of halogens is 4. The molecule has 0 fully saturated rings. The van der Waals surface area contributed by atoms with Gasteiger partial charge in [0.05, 0.1) is 10.0 Å². The van der Waals surface area contributed by atoms with Crippen molar-refractivity contribution in [3.05, 3.63) is 61.0 Å². The molecule has 0 saturated heterocycles. The molecule has 0 aromatic heterocycles. The summed E-state index contributed by atoms with van der Waals surface area (Å²) >= 11 is 19.0. The molecule has 0 aliphatic rings. The molecule has 2 aromatic rings. The molecule has 1 N–H and O–H groups in total. The molecule has 0 atom stereocenters. The highest BCUT2D eigenvalue weighted by molar-refractivity contribution is 9.11. The number of hydrogen-bond acceptors (Lipinski definition) is 1. The Bertz CT molecular complexity index is 571. The van der Waals surface area contributed by atoms with E-state index in [4.69, 9.17) is 23.2 Å². The van der Waals surface area contributed by atoms with Crippen LogP contribution in [0.1, 0.15) is 5.56 Å². The van der Waals surface area contributed by atoms with Gasteiger partial charge in [0.2, 0.25) is 0 Å². The van der Waals surface area contributed by atoms with Crippen LogP contribution in [0.4, 0.5) is 5.69 Å². The van der Waals surface area contributed by atoms with E-state index in [2.05, 4.69) is 37.2 Å². The average Bonchev–Trinajstić information content (AvgIpc) is 2.35. The van der Waals surface area contributed by atoms with Gasteiger partial charge in [0, 0.05) is 21.2 Å². The van der Waals surface area contributed by atoms with Crippen molar-refractivity contribution in [3.8, 4) is 0 Å². The molecule has 0 aliphatic carbocycles.